The molecule has 3 rings (SSSR count). The van der Waals surface area contributed by atoms with E-state index in [1.807, 2.05) is 19.0 Å². The Kier molecular flexibility index (Phi) is 4.88. The number of likely N-dealkylation sites (N-methyl/N-ethyl adjacent to an activating group) is 1. The van der Waals surface area contributed by atoms with E-state index in [2.05, 4.69) is 5.32 Å². The van der Waals surface area contributed by atoms with Crippen LogP contribution < -0.4 is 5.32 Å². The minimum absolute atomic E-state index is 0.00946. The second kappa shape index (κ2) is 6.80. The fraction of sp³-hybridized carbons (Fsp3) is 0.529. The van der Waals surface area contributed by atoms with Crippen molar-refractivity contribution in [2.45, 2.75) is 31.0 Å². The van der Waals surface area contributed by atoms with Gasteiger partial charge in [0.2, 0.25) is 5.91 Å². The van der Waals surface area contributed by atoms with Crippen LogP contribution >= 0.6 is 11.6 Å². The smallest absolute Gasteiger partial charge is 0.408 e. The van der Waals surface area contributed by atoms with Gasteiger partial charge in [0.15, 0.2) is 0 Å². The number of carbonyl (C=O) groups excluding carboxylic acids is 1. The largest absolute Gasteiger partial charge is 0.465 e. The van der Waals surface area contributed by atoms with Crippen LogP contribution in [0.15, 0.2) is 18.2 Å². The Morgan fingerprint density at radius 3 is 2.80 bits per heavy atom. The van der Waals surface area contributed by atoms with Crippen molar-refractivity contribution in [3.8, 4) is 0 Å². The van der Waals surface area contributed by atoms with Gasteiger partial charge >= 0.3 is 6.09 Å². The first kappa shape index (κ1) is 17.9. The molecular formula is C17H21ClFN3O3. The molecule has 1 aliphatic heterocycles. The second-order valence-corrected chi connectivity index (χ2v) is 7.38. The van der Waals surface area contributed by atoms with E-state index in [0.29, 0.717) is 18.5 Å². The zero-order valence-electron chi connectivity index (χ0n) is 14.1. The molecule has 0 unspecified atom stereocenters. The van der Waals surface area contributed by atoms with Crippen LogP contribution in [-0.2, 0) is 4.79 Å². The average molecular weight is 370 g/mol. The summed E-state index contributed by atoms with van der Waals surface area (Å²) in [6.07, 6.45) is 0.263. The highest BCUT2D eigenvalue weighted by molar-refractivity contribution is 6.30. The quantitative estimate of drug-likeness (QED) is 0.835. The molecule has 0 aromatic heterocycles. The van der Waals surface area contributed by atoms with Gasteiger partial charge in [-0.2, -0.15) is 0 Å². The fourth-order valence-corrected chi connectivity index (χ4v) is 3.79. The number of benzene rings is 1. The van der Waals surface area contributed by atoms with E-state index in [0.717, 1.165) is 6.42 Å². The van der Waals surface area contributed by atoms with Crippen molar-refractivity contribution in [3.05, 3.63) is 34.6 Å². The number of carbonyl (C=O) groups is 2. The third-order valence-corrected chi connectivity index (χ3v) is 5.14. The first-order chi connectivity index (χ1) is 11.8. The normalized spacial score (nSPS) is 25.6. The molecule has 2 aliphatic rings. The molecule has 2 fully saturated rings. The lowest BCUT2D eigenvalue weighted by Gasteiger charge is -2.28. The first-order valence-electron chi connectivity index (χ1n) is 8.20. The number of likely N-dealkylation sites (tertiary alicyclic amines) is 1. The molecule has 1 saturated carbocycles. The molecule has 1 saturated heterocycles. The molecule has 0 spiro atoms. The standard InChI is InChI=1S/C17H21ClFN3O3/c1-21(2)8-12(10-4-3-5-11(18)15(10)19)20-16(23)14-7-9-6-13(9)22(14)17(24)25/h3-5,9,12-14H,6-8H2,1-2H3,(H,20,23)(H,24,25)/t9-,12-,13-,14+/m1/s1. The number of nitrogens with zero attached hydrogens (tertiary/aromatic N) is 2. The van der Waals surface area contributed by atoms with Crippen molar-refractivity contribution in [3.63, 3.8) is 0 Å². The summed E-state index contributed by atoms with van der Waals surface area (Å²) in [5.41, 5.74) is 0.291. The molecule has 8 heteroatoms. The van der Waals surface area contributed by atoms with Crippen LogP contribution in [0.1, 0.15) is 24.4 Å². The second-order valence-electron chi connectivity index (χ2n) is 6.97. The highest BCUT2D eigenvalue weighted by atomic mass is 35.5. The van der Waals surface area contributed by atoms with Gasteiger partial charge in [-0.15, -0.1) is 0 Å². The molecule has 1 heterocycles. The van der Waals surface area contributed by atoms with Crippen molar-refractivity contribution in [2.24, 2.45) is 5.92 Å². The number of halogens is 2. The number of hydrogen-bond acceptors (Lipinski definition) is 3. The molecule has 1 aliphatic carbocycles. The summed E-state index contributed by atoms with van der Waals surface area (Å²) >= 11 is 5.86. The van der Waals surface area contributed by atoms with Gasteiger partial charge in [0.05, 0.1) is 11.1 Å². The molecule has 2 N–H and O–H groups in total. The fourth-order valence-electron chi connectivity index (χ4n) is 3.61. The Morgan fingerprint density at radius 2 is 2.16 bits per heavy atom. The number of hydrogen-bond donors (Lipinski definition) is 2. The van der Waals surface area contributed by atoms with Crippen molar-refractivity contribution >= 4 is 23.6 Å². The van der Waals surface area contributed by atoms with Crippen LogP contribution in [0.25, 0.3) is 0 Å². The Bertz CT molecular complexity index is 700. The Morgan fingerprint density at radius 1 is 1.44 bits per heavy atom. The van der Waals surface area contributed by atoms with Crippen molar-refractivity contribution in [2.75, 3.05) is 20.6 Å². The average Bonchev–Trinajstić information content (AvgIpc) is 3.18. The monoisotopic (exact) mass is 369 g/mol. The number of piperidine rings is 1. The van der Waals surface area contributed by atoms with Crippen LogP contribution in [0, 0.1) is 11.7 Å². The van der Waals surface area contributed by atoms with Crippen molar-refractivity contribution in [1.29, 1.82) is 0 Å². The maximum atomic E-state index is 14.4. The molecule has 0 radical (unpaired) electrons. The van der Waals surface area contributed by atoms with Gasteiger partial charge < -0.3 is 15.3 Å². The van der Waals surface area contributed by atoms with E-state index in [1.165, 1.54) is 11.0 Å². The third-order valence-electron chi connectivity index (χ3n) is 4.85. The molecule has 6 nitrogen and oxygen atoms in total. The summed E-state index contributed by atoms with van der Waals surface area (Å²) in [7, 11) is 3.63. The van der Waals surface area contributed by atoms with Crippen LogP contribution in [0.2, 0.25) is 5.02 Å². The molecule has 1 aromatic rings. The number of rotatable bonds is 5. The summed E-state index contributed by atoms with van der Waals surface area (Å²) in [5, 5.41) is 12.2. The maximum absolute atomic E-state index is 14.4. The minimum atomic E-state index is -1.08. The van der Waals surface area contributed by atoms with Gasteiger partial charge in [-0.25, -0.2) is 9.18 Å². The Hall–Kier alpha value is -1.86. The number of nitrogens with one attached hydrogen (secondary N) is 1. The highest BCUT2D eigenvalue weighted by Crippen LogP contribution is 2.47. The van der Waals surface area contributed by atoms with Crippen molar-refractivity contribution < 1.29 is 19.1 Å². The zero-order chi connectivity index (χ0) is 18.3. The van der Waals surface area contributed by atoms with Crippen molar-refractivity contribution in [1.82, 2.24) is 15.1 Å². The lowest BCUT2D eigenvalue weighted by Crippen LogP contribution is -2.49. The molecule has 1 aromatic carbocycles. The number of fused-ring (bicyclic) bond motifs is 1. The number of carboxylic acid groups (broad SMARTS) is 1. The SMILES string of the molecule is CN(C)C[C@@H](NC(=O)[C@@H]1C[C@H]2C[C@H]2N1C(=O)O)c1cccc(Cl)c1F. The molecule has 136 valence electrons. The molecule has 4 atom stereocenters. The van der Waals surface area contributed by atoms with Crippen LogP contribution in [-0.4, -0.2) is 59.6 Å². The predicted octanol–water partition coefficient (Wildman–Crippen LogP) is 2.34. The van der Waals surface area contributed by atoms with Gasteiger partial charge in [-0.1, -0.05) is 23.7 Å². The molecule has 2 amide bonds. The highest BCUT2D eigenvalue weighted by Gasteiger charge is 2.56. The van der Waals surface area contributed by atoms with E-state index in [4.69, 9.17) is 11.6 Å². The molecular weight excluding hydrogens is 349 g/mol. The van der Waals surface area contributed by atoms with Gasteiger partial charge in [0.1, 0.15) is 11.9 Å². The predicted molar refractivity (Wildman–Crippen MR) is 91.0 cm³/mol. The Balaban J connectivity index is 1.79. The molecule has 25 heavy (non-hydrogen) atoms. The van der Waals surface area contributed by atoms with Gasteiger partial charge in [-0.3, -0.25) is 9.69 Å². The van der Waals surface area contributed by atoms with E-state index in [1.54, 1.807) is 12.1 Å². The van der Waals surface area contributed by atoms with E-state index in [9.17, 15) is 19.1 Å². The van der Waals surface area contributed by atoms with E-state index < -0.39 is 24.0 Å². The maximum Gasteiger partial charge on any atom is 0.408 e. The summed E-state index contributed by atoms with van der Waals surface area (Å²) < 4.78 is 14.4. The molecule has 0 bridgehead atoms. The minimum Gasteiger partial charge on any atom is -0.465 e. The van der Waals surface area contributed by atoms with Crippen LogP contribution in [0.4, 0.5) is 9.18 Å². The van der Waals surface area contributed by atoms with Gasteiger partial charge in [-0.05, 0) is 38.9 Å². The first-order valence-corrected chi connectivity index (χ1v) is 8.57. The zero-order valence-corrected chi connectivity index (χ0v) is 14.8. The summed E-state index contributed by atoms with van der Waals surface area (Å²) in [4.78, 5) is 27.2. The lowest BCUT2D eigenvalue weighted by atomic mass is 10.0. The third kappa shape index (κ3) is 3.57. The van der Waals surface area contributed by atoms with Crippen LogP contribution in [0.3, 0.4) is 0 Å². The summed E-state index contributed by atoms with van der Waals surface area (Å²) in [5.74, 6) is -0.691. The summed E-state index contributed by atoms with van der Waals surface area (Å²) in [6, 6.07) is 3.28. The topological polar surface area (TPSA) is 72.9 Å². The number of amides is 2. The van der Waals surface area contributed by atoms with Gasteiger partial charge in [0, 0.05) is 18.2 Å². The Labute approximate surface area is 150 Å². The summed E-state index contributed by atoms with van der Waals surface area (Å²) in [6.45, 7) is 0.371. The van der Waals surface area contributed by atoms with E-state index >= 15 is 0 Å². The van der Waals surface area contributed by atoms with Gasteiger partial charge in [0.25, 0.3) is 0 Å². The lowest BCUT2D eigenvalue weighted by molar-refractivity contribution is -0.126. The van der Waals surface area contributed by atoms with E-state index in [-0.39, 0.29) is 22.9 Å². The van der Waals surface area contributed by atoms with Crippen LogP contribution in [0.5, 0.6) is 0 Å².